The summed E-state index contributed by atoms with van der Waals surface area (Å²) in [5.74, 6) is -2.81. The number of carboxylic acids is 3. The topological polar surface area (TPSA) is 173 Å². The van der Waals surface area contributed by atoms with Gasteiger partial charge in [-0.25, -0.2) is 14.4 Å². The third kappa shape index (κ3) is 23.5. The number of aliphatic hydroxyl groups is 3. The van der Waals surface area contributed by atoms with E-state index in [1.54, 1.807) is 0 Å². The predicted octanol–water partition coefficient (Wildman–Crippen LogP) is 1.69. The highest BCUT2D eigenvalue weighted by Gasteiger charge is 2.26. The molecule has 0 amide bonds. The molecule has 0 atom stereocenters. The molecule has 0 aromatic carbocycles. The van der Waals surface area contributed by atoms with E-state index in [-0.39, 0.29) is 36.5 Å². The van der Waals surface area contributed by atoms with Gasteiger partial charge in [0.25, 0.3) is 0 Å². The number of aliphatic carboxylic acids is 3. The van der Waals surface area contributed by atoms with Gasteiger partial charge in [-0.2, -0.15) is 0 Å². The maximum Gasteiger partial charge on any atom is 0.330 e. The van der Waals surface area contributed by atoms with Crippen molar-refractivity contribution in [2.45, 2.75) is 40.5 Å². The molecule has 0 aliphatic rings. The summed E-state index contributed by atoms with van der Waals surface area (Å²) in [5.41, 5.74) is -0.130. The summed E-state index contributed by atoms with van der Waals surface area (Å²) >= 11 is 0. The lowest BCUT2D eigenvalue weighted by atomic mass is 9.86. The zero-order chi connectivity index (χ0) is 23.5. The summed E-state index contributed by atoms with van der Waals surface area (Å²) in [6.45, 7) is 15.3. The van der Waals surface area contributed by atoms with Crippen molar-refractivity contribution in [2.75, 3.05) is 19.8 Å². The second-order valence-corrected chi connectivity index (χ2v) is 5.98. The van der Waals surface area contributed by atoms with E-state index in [9.17, 15) is 14.4 Å². The molecule has 0 saturated carbocycles. The Bertz CT molecular complexity index is 416. The molecule has 0 spiro atoms. The molecule has 0 aliphatic carbocycles. The number of carboxylic acid groups (broad SMARTS) is 3. The normalized spacial score (nSPS) is 9.11. The van der Waals surface area contributed by atoms with Gasteiger partial charge in [-0.05, 0) is 27.2 Å². The Hall–Kier alpha value is -2.49. The van der Waals surface area contributed by atoms with E-state index >= 15 is 0 Å². The van der Waals surface area contributed by atoms with E-state index in [1.807, 2.05) is 6.92 Å². The number of carbonyl (C=O) groups is 3. The average molecular weight is 406 g/mol. The van der Waals surface area contributed by atoms with Gasteiger partial charge >= 0.3 is 17.9 Å². The molecule has 0 saturated heterocycles. The van der Waals surface area contributed by atoms with Crippen LogP contribution in [0.4, 0.5) is 0 Å². The largest absolute Gasteiger partial charge is 0.478 e. The fraction of sp³-hybridized carbons (Fsp3) is 0.526. The lowest BCUT2D eigenvalue weighted by Gasteiger charge is -2.26. The van der Waals surface area contributed by atoms with E-state index in [4.69, 9.17) is 30.6 Å². The van der Waals surface area contributed by atoms with Crippen molar-refractivity contribution in [2.24, 2.45) is 5.41 Å². The Labute approximate surface area is 166 Å². The van der Waals surface area contributed by atoms with E-state index in [0.29, 0.717) is 6.42 Å². The molecule has 0 bridgehead atoms. The van der Waals surface area contributed by atoms with E-state index in [0.717, 1.165) is 6.42 Å². The molecule has 164 valence electrons. The van der Waals surface area contributed by atoms with Crippen molar-refractivity contribution < 1.29 is 45.0 Å². The molecule has 0 aromatic heterocycles. The lowest BCUT2D eigenvalue weighted by Crippen LogP contribution is -2.33. The number of hydrogen-bond acceptors (Lipinski definition) is 6. The van der Waals surface area contributed by atoms with Crippen molar-refractivity contribution in [3.8, 4) is 0 Å². The van der Waals surface area contributed by atoms with Crippen LogP contribution >= 0.6 is 0 Å². The molecule has 9 nitrogen and oxygen atoms in total. The van der Waals surface area contributed by atoms with Crippen LogP contribution in [-0.4, -0.2) is 68.4 Å². The van der Waals surface area contributed by atoms with Crippen molar-refractivity contribution in [3.63, 3.8) is 0 Å². The summed E-state index contributed by atoms with van der Waals surface area (Å²) in [7, 11) is 0. The molecule has 9 heteroatoms. The van der Waals surface area contributed by atoms with Crippen LogP contribution in [0.5, 0.6) is 0 Å². The van der Waals surface area contributed by atoms with Gasteiger partial charge in [-0.1, -0.05) is 33.1 Å². The Balaban J connectivity index is -0.000000142. The van der Waals surface area contributed by atoms with E-state index in [1.165, 1.54) is 20.8 Å². The van der Waals surface area contributed by atoms with Gasteiger partial charge in [0, 0.05) is 22.1 Å². The van der Waals surface area contributed by atoms with Gasteiger partial charge in [0.05, 0.1) is 19.8 Å². The first-order valence-corrected chi connectivity index (χ1v) is 8.16. The zero-order valence-electron chi connectivity index (χ0n) is 17.1. The van der Waals surface area contributed by atoms with Gasteiger partial charge in [0.1, 0.15) is 0 Å². The Morgan fingerprint density at radius 1 is 0.679 bits per heavy atom. The fourth-order valence-electron chi connectivity index (χ4n) is 0.918. The van der Waals surface area contributed by atoms with Crippen LogP contribution in [0.15, 0.2) is 36.5 Å². The van der Waals surface area contributed by atoms with E-state index < -0.39 is 23.3 Å². The fourth-order valence-corrected chi connectivity index (χ4v) is 0.918. The highest BCUT2D eigenvalue weighted by atomic mass is 16.4. The van der Waals surface area contributed by atoms with Crippen LogP contribution in [0.25, 0.3) is 0 Å². The molecular formula is C19H34O9. The molecule has 0 fully saturated rings. The predicted molar refractivity (Wildman–Crippen MR) is 106 cm³/mol. The number of hydrogen-bond donors (Lipinski definition) is 6. The third-order valence-electron chi connectivity index (χ3n) is 2.88. The first-order chi connectivity index (χ1) is 12.7. The van der Waals surface area contributed by atoms with Gasteiger partial charge in [0.2, 0.25) is 0 Å². The molecule has 0 aromatic rings. The summed E-state index contributed by atoms with van der Waals surface area (Å²) in [6.07, 6.45) is 1.53. The summed E-state index contributed by atoms with van der Waals surface area (Å²) in [4.78, 5) is 28.8. The molecule has 0 rings (SSSR count). The number of rotatable bonds is 8. The van der Waals surface area contributed by atoms with Crippen molar-refractivity contribution in [1.29, 1.82) is 0 Å². The number of aliphatic hydroxyl groups excluding tert-OH is 3. The van der Waals surface area contributed by atoms with Crippen LogP contribution < -0.4 is 0 Å². The van der Waals surface area contributed by atoms with Crippen LogP contribution in [0, 0.1) is 5.41 Å². The monoisotopic (exact) mass is 406 g/mol. The highest BCUT2D eigenvalue weighted by Crippen LogP contribution is 2.21. The van der Waals surface area contributed by atoms with Gasteiger partial charge in [-0.3, -0.25) is 0 Å². The van der Waals surface area contributed by atoms with Crippen LogP contribution in [0.2, 0.25) is 0 Å². The molecular weight excluding hydrogens is 372 g/mol. The Morgan fingerprint density at radius 2 is 0.857 bits per heavy atom. The SMILES string of the molecule is C=C(C)C(=O)O.C=C(C)C(=O)O.C=C(C)C(=O)O.CCCC(CO)(CO)CO. The Morgan fingerprint density at radius 3 is 0.893 bits per heavy atom. The van der Waals surface area contributed by atoms with Crippen molar-refractivity contribution in [1.82, 2.24) is 0 Å². The summed E-state index contributed by atoms with van der Waals surface area (Å²) in [5, 5.41) is 50.0. The molecule has 0 aliphatic heterocycles. The standard InChI is InChI=1S/C7H16O3.3C4H6O2/c1-2-3-7(4-8,5-9)6-10;3*1-3(2)4(5)6/h8-10H,2-6H2,1H3;3*1H2,2H3,(H,5,6). The van der Waals surface area contributed by atoms with Crippen molar-refractivity contribution in [3.05, 3.63) is 36.5 Å². The summed E-state index contributed by atoms with van der Waals surface area (Å²) in [6, 6.07) is 0. The van der Waals surface area contributed by atoms with Gasteiger partial charge in [-0.15, -0.1) is 0 Å². The van der Waals surface area contributed by atoms with E-state index in [2.05, 4.69) is 19.7 Å². The quantitative estimate of drug-likeness (QED) is 0.328. The van der Waals surface area contributed by atoms with Crippen LogP contribution in [-0.2, 0) is 14.4 Å². The average Bonchev–Trinajstić information content (AvgIpc) is 2.61. The second-order valence-electron chi connectivity index (χ2n) is 5.98. The maximum absolute atomic E-state index is 9.60. The molecule has 0 unspecified atom stereocenters. The molecule has 6 N–H and O–H groups in total. The minimum atomic E-state index is -0.935. The second kappa shape index (κ2) is 19.3. The first-order valence-electron chi connectivity index (χ1n) is 8.16. The maximum atomic E-state index is 9.60. The van der Waals surface area contributed by atoms with Gasteiger partial charge < -0.3 is 30.6 Å². The Kier molecular flexibility index (Phi) is 22.8. The highest BCUT2D eigenvalue weighted by molar-refractivity contribution is 5.85. The summed E-state index contributed by atoms with van der Waals surface area (Å²) < 4.78 is 0. The zero-order valence-corrected chi connectivity index (χ0v) is 17.1. The smallest absolute Gasteiger partial charge is 0.330 e. The van der Waals surface area contributed by atoms with Crippen LogP contribution in [0.1, 0.15) is 40.5 Å². The van der Waals surface area contributed by atoms with Gasteiger partial charge in [0.15, 0.2) is 0 Å². The molecule has 0 radical (unpaired) electrons. The lowest BCUT2D eigenvalue weighted by molar-refractivity contribution is -0.133. The molecule has 0 heterocycles. The minimum Gasteiger partial charge on any atom is -0.478 e. The third-order valence-corrected chi connectivity index (χ3v) is 2.88. The van der Waals surface area contributed by atoms with Crippen LogP contribution in [0.3, 0.4) is 0 Å². The first kappa shape index (κ1) is 33.1. The minimum absolute atomic E-state index is 0.145. The molecule has 28 heavy (non-hydrogen) atoms. The van der Waals surface area contributed by atoms with Crippen molar-refractivity contribution >= 4 is 17.9 Å².